The molecule has 0 radical (unpaired) electrons. The number of methoxy groups -OCH3 is 2. The van der Waals surface area contributed by atoms with Gasteiger partial charge >= 0.3 is 0 Å². The molecule has 0 heterocycles. The first-order chi connectivity index (χ1) is 9.72. The third kappa shape index (κ3) is 3.11. The Labute approximate surface area is 134 Å². The molecular weight excluding hydrogens is 358 g/mol. The lowest BCUT2D eigenvalue weighted by atomic mass is 9.65. The molecule has 2 rings (SSSR count). The van der Waals surface area contributed by atoms with Crippen LogP contribution in [0.25, 0.3) is 0 Å². The predicted octanol–water partition coefficient (Wildman–Crippen LogP) is 2.55. The van der Waals surface area contributed by atoms with E-state index in [4.69, 9.17) is 9.47 Å². The van der Waals surface area contributed by atoms with Crippen LogP contribution in [0.5, 0.6) is 5.75 Å². The van der Waals surface area contributed by atoms with Crippen LogP contribution in [0.1, 0.15) is 20.3 Å². The largest absolute Gasteiger partial charge is 0.496 e. The maximum atomic E-state index is 12.5. The van der Waals surface area contributed by atoms with E-state index in [9.17, 15) is 8.42 Å². The first-order valence-corrected chi connectivity index (χ1v) is 8.88. The lowest BCUT2D eigenvalue weighted by molar-refractivity contribution is -0.0908. The Hall–Kier alpha value is -0.630. The highest BCUT2D eigenvalue weighted by Crippen LogP contribution is 2.43. The van der Waals surface area contributed by atoms with Crippen molar-refractivity contribution in [1.82, 2.24) is 4.72 Å². The van der Waals surface area contributed by atoms with Crippen molar-refractivity contribution in [3.8, 4) is 5.75 Å². The number of hydrogen-bond donors (Lipinski definition) is 1. The molecule has 1 fully saturated rings. The summed E-state index contributed by atoms with van der Waals surface area (Å²) in [4.78, 5) is 0.215. The Kier molecular flexibility index (Phi) is 4.68. The normalized spacial score (nSPS) is 24.4. The van der Waals surface area contributed by atoms with E-state index in [1.807, 2.05) is 13.8 Å². The third-order valence-corrected chi connectivity index (χ3v) is 6.28. The van der Waals surface area contributed by atoms with E-state index in [-0.39, 0.29) is 22.5 Å². The zero-order valence-electron chi connectivity index (χ0n) is 12.5. The van der Waals surface area contributed by atoms with Crippen LogP contribution in [-0.2, 0) is 14.8 Å². The van der Waals surface area contributed by atoms with Gasteiger partial charge in [-0.2, -0.15) is 0 Å². The zero-order chi connectivity index (χ0) is 15.8. The van der Waals surface area contributed by atoms with Gasteiger partial charge < -0.3 is 9.47 Å². The van der Waals surface area contributed by atoms with Crippen LogP contribution < -0.4 is 9.46 Å². The number of rotatable bonds is 5. The van der Waals surface area contributed by atoms with Crippen LogP contribution in [0.15, 0.2) is 27.6 Å². The predicted molar refractivity (Wildman–Crippen MR) is 84.0 cm³/mol. The minimum absolute atomic E-state index is 0.0767. The lowest BCUT2D eigenvalue weighted by Gasteiger charge is -2.50. The van der Waals surface area contributed by atoms with Crippen molar-refractivity contribution in [2.75, 3.05) is 14.2 Å². The molecule has 21 heavy (non-hydrogen) atoms. The summed E-state index contributed by atoms with van der Waals surface area (Å²) in [7, 11) is -0.375. The van der Waals surface area contributed by atoms with Gasteiger partial charge in [0.2, 0.25) is 10.0 Å². The monoisotopic (exact) mass is 377 g/mol. The van der Waals surface area contributed by atoms with Crippen molar-refractivity contribution < 1.29 is 17.9 Å². The van der Waals surface area contributed by atoms with Gasteiger partial charge in [-0.15, -0.1) is 0 Å². The molecule has 1 aliphatic rings. The standard InChI is InChI=1S/C14H20BrNO4S/c1-14(2)12(8-13(14)20-4)16-21(17,18)9-5-6-11(19-3)10(15)7-9/h5-7,12-13,16H,8H2,1-4H3. The van der Waals surface area contributed by atoms with Gasteiger partial charge in [-0.25, -0.2) is 13.1 Å². The highest BCUT2D eigenvalue weighted by Gasteiger charge is 2.50. The Bertz CT molecular complexity index is 630. The fraction of sp³-hybridized carbons (Fsp3) is 0.571. The van der Waals surface area contributed by atoms with Crippen molar-refractivity contribution in [2.45, 2.75) is 37.3 Å². The second-order valence-corrected chi connectivity index (χ2v) is 8.32. The molecule has 1 saturated carbocycles. The summed E-state index contributed by atoms with van der Waals surface area (Å²) in [5.74, 6) is 0.595. The van der Waals surface area contributed by atoms with E-state index >= 15 is 0 Å². The van der Waals surface area contributed by atoms with Crippen molar-refractivity contribution in [2.24, 2.45) is 5.41 Å². The summed E-state index contributed by atoms with van der Waals surface area (Å²) in [5, 5.41) is 0. The molecular formula is C14H20BrNO4S. The summed E-state index contributed by atoms with van der Waals surface area (Å²) < 4.78 is 38.7. The molecule has 118 valence electrons. The molecule has 0 spiro atoms. The molecule has 5 nitrogen and oxygen atoms in total. The SMILES string of the molecule is COc1ccc(S(=O)(=O)NC2CC(OC)C2(C)C)cc1Br. The zero-order valence-corrected chi connectivity index (χ0v) is 14.9. The fourth-order valence-electron chi connectivity index (χ4n) is 2.56. The minimum Gasteiger partial charge on any atom is -0.496 e. The number of benzene rings is 1. The number of hydrogen-bond acceptors (Lipinski definition) is 4. The van der Waals surface area contributed by atoms with Gasteiger partial charge in [0.15, 0.2) is 0 Å². The van der Waals surface area contributed by atoms with E-state index in [1.54, 1.807) is 19.2 Å². The molecule has 1 aliphatic carbocycles. The average Bonchev–Trinajstić information content (AvgIpc) is 2.42. The third-order valence-electron chi connectivity index (χ3n) is 4.19. The van der Waals surface area contributed by atoms with E-state index in [2.05, 4.69) is 20.7 Å². The van der Waals surface area contributed by atoms with Crippen LogP contribution in [-0.4, -0.2) is 34.8 Å². The molecule has 1 aromatic rings. The topological polar surface area (TPSA) is 64.6 Å². The molecule has 1 aromatic carbocycles. The molecule has 1 N–H and O–H groups in total. The summed E-state index contributed by atoms with van der Waals surface area (Å²) in [6, 6.07) is 4.57. The summed E-state index contributed by atoms with van der Waals surface area (Å²) in [6.07, 6.45) is 0.757. The maximum Gasteiger partial charge on any atom is 0.240 e. The fourth-order valence-corrected chi connectivity index (χ4v) is 4.68. The number of nitrogens with one attached hydrogen (secondary N) is 1. The quantitative estimate of drug-likeness (QED) is 0.856. The smallest absolute Gasteiger partial charge is 0.240 e. The highest BCUT2D eigenvalue weighted by molar-refractivity contribution is 9.10. The van der Waals surface area contributed by atoms with Crippen LogP contribution in [0.2, 0.25) is 0 Å². The Morgan fingerprint density at radius 3 is 2.48 bits per heavy atom. The molecule has 0 bridgehead atoms. The molecule has 0 saturated heterocycles. The van der Waals surface area contributed by atoms with Crippen molar-refractivity contribution in [1.29, 1.82) is 0 Å². The highest BCUT2D eigenvalue weighted by atomic mass is 79.9. The van der Waals surface area contributed by atoms with Crippen LogP contribution >= 0.6 is 15.9 Å². The number of halogens is 1. The van der Waals surface area contributed by atoms with Gasteiger partial charge in [-0.1, -0.05) is 13.8 Å². The second-order valence-electron chi connectivity index (χ2n) is 5.75. The molecule has 2 unspecified atom stereocenters. The van der Waals surface area contributed by atoms with Gasteiger partial charge in [-0.05, 0) is 40.5 Å². The van der Waals surface area contributed by atoms with Gasteiger partial charge in [0.25, 0.3) is 0 Å². The molecule has 0 aromatic heterocycles. The van der Waals surface area contributed by atoms with E-state index in [1.165, 1.54) is 13.2 Å². The van der Waals surface area contributed by atoms with Crippen LogP contribution in [0, 0.1) is 5.41 Å². The van der Waals surface area contributed by atoms with Gasteiger partial charge in [0.05, 0.1) is 22.6 Å². The number of sulfonamides is 1. The Morgan fingerprint density at radius 1 is 1.33 bits per heavy atom. The molecule has 7 heteroatoms. The molecule has 0 aliphatic heterocycles. The van der Waals surface area contributed by atoms with Crippen LogP contribution in [0.4, 0.5) is 0 Å². The summed E-state index contributed by atoms with van der Waals surface area (Å²) >= 11 is 3.30. The first kappa shape index (κ1) is 16.7. The van der Waals surface area contributed by atoms with E-state index in [0.717, 1.165) is 0 Å². The number of ether oxygens (including phenoxy) is 2. The van der Waals surface area contributed by atoms with Crippen molar-refractivity contribution in [3.05, 3.63) is 22.7 Å². The van der Waals surface area contributed by atoms with Crippen molar-refractivity contribution >= 4 is 26.0 Å². The minimum atomic E-state index is -3.56. The average molecular weight is 378 g/mol. The second kappa shape index (κ2) is 5.87. The maximum absolute atomic E-state index is 12.5. The molecule has 2 atom stereocenters. The van der Waals surface area contributed by atoms with Gasteiger partial charge in [0.1, 0.15) is 5.75 Å². The molecule has 0 amide bonds. The van der Waals surface area contributed by atoms with E-state index < -0.39 is 10.0 Å². The Balaban J connectivity index is 2.18. The van der Waals surface area contributed by atoms with Gasteiger partial charge in [-0.3, -0.25) is 0 Å². The van der Waals surface area contributed by atoms with Crippen LogP contribution in [0.3, 0.4) is 0 Å². The lowest BCUT2D eigenvalue weighted by Crippen LogP contribution is -2.61. The van der Waals surface area contributed by atoms with Gasteiger partial charge in [0, 0.05) is 18.6 Å². The summed E-state index contributed by atoms with van der Waals surface area (Å²) in [5.41, 5.74) is -0.217. The summed E-state index contributed by atoms with van der Waals surface area (Å²) in [6.45, 7) is 4.00. The first-order valence-electron chi connectivity index (χ1n) is 6.61. The Morgan fingerprint density at radius 2 is 2.00 bits per heavy atom. The van der Waals surface area contributed by atoms with Crippen molar-refractivity contribution in [3.63, 3.8) is 0 Å². The van der Waals surface area contributed by atoms with E-state index in [0.29, 0.717) is 16.6 Å².